The molecule has 1 atom stereocenters. The molecule has 1 aromatic heterocycles. The van der Waals surface area contributed by atoms with E-state index in [1.807, 2.05) is 29.6 Å². The lowest BCUT2D eigenvalue weighted by molar-refractivity contribution is -0.117. The van der Waals surface area contributed by atoms with E-state index in [0.717, 1.165) is 20.9 Å². The van der Waals surface area contributed by atoms with Gasteiger partial charge in [-0.1, -0.05) is 28.1 Å². The molecule has 0 aliphatic carbocycles. The number of rotatable bonds is 2. The maximum atomic E-state index is 11.9. The predicted molar refractivity (Wildman–Crippen MR) is 84.5 cm³/mol. The number of carbonyl (C=O) groups is 1. The average Bonchev–Trinajstić information content (AvgIpc) is 3.05. The molecule has 2 heterocycles. The van der Waals surface area contributed by atoms with Crippen molar-refractivity contribution in [1.29, 1.82) is 0 Å². The first-order valence-corrected chi connectivity index (χ1v) is 7.82. The lowest BCUT2D eigenvalue weighted by atomic mass is 10.1. The fraction of sp³-hybridized carbons (Fsp3) is 0.200. The van der Waals surface area contributed by atoms with Crippen molar-refractivity contribution in [3.63, 3.8) is 0 Å². The van der Waals surface area contributed by atoms with Gasteiger partial charge < -0.3 is 0 Å². The highest BCUT2D eigenvalue weighted by Gasteiger charge is 2.31. The summed E-state index contributed by atoms with van der Waals surface area (Å²) in [6, 6.07) is 7.95. The van der Waals surface area contributed by atoms with Crippen LogP contribution in [0, 0.1) is 18.3 Å². The molecule has 1 saturated heterocycles. The van der Waals surface area contributed by atoms with Crippen LogP contribution >= 0.6 is 27.3 Å². The lowest BCUT2D eigenvalue weighted by Crippen LogP contribution is -2.24. The van der Waals surface area contributed by atoms with Crippen molar-refractivity contribution >= 4 is 38.3 Å². The number of halogens is 1. The highest BCUT2D eigenvalue weighted by Crippen LogP contribution is 2.32. The van der Waals surface area contributed by atoms with E-state index in [4.69, 9.17) is 6.42 Å². The number of hydrogen-bond acceptors (Lipinski definition) is 3. The van der Waals surface area contributed by atoms with E-state index in [0.29, 0.717) is 13.0 Å². The van der Waals surface area contributed by atoms with Crippen LogP contribution in [0.2, 0.25) is 0 Å². The van der Waals surface area contributed by atoms with Gasteiger partial charge in [0.25, 0.3) is 0 Å². The highest BCUT2D eigenvalue weighted by atomic mass is 79.9. The van der Waals surface area contributed by atoms with Gasteiger partial charge in [-0.25, -0.2) is 4.98 Å². The standard InChI is InChI=1S/C15H11BrN2OS/c1-2-10-6-14(19)18(8-10)15-17-13(9-20-15)11-4-3-5-12(16)7-11/h1,3-5,7,9-10H,6,8H2. The van der Waals surface area contributed by atoms with Gasteiger partial charge in [0.1, 0.15) is 0 Å². The highest BCUT2D eigenvalue weighted by molar-refractivity contribution is 9.10. The fourth-order valence-corrected chi connectivity index (χ4v) is 3.43. The summed E-state index contributed by atoms with van der Waals surface area (Å²) in [5, 5.41) is 2.69. The predicted octanol–water partition coefficient (Wildman–Crippen LogP) is 3.56. The van der Waals surface area contributed by atoms with E-state index in [-0.39, 0.29) is 11.8 Å². The zero-order valence-corrected chi connectivity index (χ0v) is 12.9. The molecular weight excluding hydrogens is 336 g/mol. The van der Waals surface area contributed by atoms with Gasteiger partial charge in [0.2, 0.25) is 5.91 Å². The Bertz CT molecular complexity index is 704. The maximum Gasteiger partial charge on any atom is 0.230 e. The zero-order chi connectivity index (χ0) is 14.1. The third-order valence-corrected chi connectivity index (χ3v) is 4.56. The summed E-state index contributed by atoms with van der Waals surface area (Å²) in [4.78, 5) is 18.2. The van der Waals surface area contributed by atoms with Crippen molar-refractivity contribution in [2.75, 3.05) is 11.4 Å². The minimum absolute atomic E-state index is 0.000666. The molecule has 1 aliphatic rings. The molecule has 3 rings (SSSR count). The Morgan fingerprint density at radius 1 is 1.50 bits per heavy atom. The normalized spacial score (nSPS) is 18.3. The summed E-state index contributed by atoms with van der Waals surface area (Å²) >= 11 is 4.92. The second kappa shape index (κ2) is 5.39. The van der Waals surface area contributed by atoms with Crippen molar-refractivity contribution in [3.8, 4) is 23.6 Å². The maximum absolute atomic E-state index is 11.9. The largest absolute Gasteiger partial charge is 0.287 e. The Morgan fingerprint density at radius 2 is 2.35 bits per heavy atom. The Balaban J connectivity index is 1.88. The summed E-state index contributed by atoms with van der Waals surface area (Å²) in [7, 11) is 0. The van der Waals surface area contributed by atoms with Gasteiger partial charge in [0.15, 0.2) is 5.13 Å². The zero-order valence-electron chi connectivity index (χ0n) is 10.5. The summed E-state index contributed by atoms with van der Waals surface area (Å²) in [6.45, 7) is 0.570. The van der Waals surface area contributed by atoms with Gasteiger partial charge >= 0.3 is 0 Å². The van der Waals surface area contributed by atoms with Crippen LogP contribution in [-0.4, -0.2) is 17.4 Å². The third kappa shape index (κ3) is 2.49. The molecule has 100 valence electrons. The Kier molecular flexibility index (Phi) is 3.60. The second-order valence-electron chi connectivity index (χ2n) is 4.60. The molecule has 20 heavy (non-hydrogen) atoms. The Hall–Kier alpha value is -1.64. The molecule has 1 fully saturated rings. The molecule has 0 spiro atoms. The van der Waals surface area contributed by atoms with Crippen LogP contribution in [0.25, 0.3) is 11.3 Å². The average molecular weight is 347 g/mol. The lowest BCUT2D eigenvalue weighted by Gasteiger charge is -2.11. The van der Waals surface area contributed by atoms with E-state index >= 15 is 0 Å². The van der Waals surface area contributed by atoms with Gasteiger partial charge in [0.05, 0.1) is 5.69 Å². The van der Waals surface area contributed by atoms with E-state index < -0.39 is 0 Å². The van der Waals surface area contributed by atoms with Crippen molar-refractivity contribution < 1.29 is 4.79 Å². The molecule has 1 aromatic carbocycles. The van der Waals surface area contributed by atoms with Gasteiger partial charge in [-0.05, 0) is 12.1 Å². The van der Waals surface area contributed by atoms with Crippen LogP contribution < -0.4 is 4.90 Å². The number of carbonyl (C=O) groups excluding carboxylic acids is 1. The minimum Gasteiger partial charge on any atom is -0.287 e. The van der Waals surface area contributed by atoms with E-state index in [2.05, 4.69) is 26.8 Å². The smallest absolute Gasteiger partial charge is 0.230 e. The van der Waals surface area contributed by atoms with Gasteiger partial charge in [-0.2, -0.15) is 0 Å². The van der Waals surface area contributed by atoms with Gasteiger partial charge in [-0.15, -0.1) is 23.7 Å². The second-order valence-corrected chi connectivity index (χ2v) is 6.35. The molecule has 0 bridgehead atoms. The van der Waals surface area contributed by atoms with Gasteiger partial charge in [0, 0.05) is 34.3 Å². The number of hydrogen-bond donors (Lipinski definition) is 0. The summed E-state index contributed by atoms with van der Waals surface area (Å²) in [5.74, 6) is 2.71. The van der Waals surface area contributed by atoms with Crippen LogP contribution in [0.5, 0.6) is 0 Å². The number of amides is 1. The Morgan fingerprint density at radius 3 is 3.05 bits per heavy atom. The molecule has 1 unspecified atom stereocenters. The van der Waals surface area contributed by atoms with Gasteiger partial charge in [-0.3, -0.25) is 9.69 Å². The third-order valence-electron chi connectivity index (χ3n) is 3.20. The first kappa shape index (κ1) is 13.3. The number of anilines is 1. The molecule has 0 saturated carbocycles. The molecule has 1 amide bonds. The number of terminal acetylenes is 1. The molecule has 5 heteroatoms. The van der Waals surface area contributed by atoms with Crippen molar-refractivity contribution in [2.45, 2.75) is 6.42 Å². The summed E-state index contributed by atoms with van der Waals surface area (Å²) in [5.41, 5.74) is 1.91. The SMILES string of the molecule is C#CC1CC(=O)N(c2nc(-c3cccc(Br)c3)cs2)C1. The van der Waals surface area contributed by atoms with Crippen molar-refractivity contribution in [1.82, 2.24) is 4.98 Å². The first-order valence-electron chi connectivity index (χ1n) is 6.15. The molecule has 0 N–H and O–H groups in total. The van der Waals surface area contributed by atoms with E-state index in [1.54, 1.807) is 4.90 Å². The van der Waals surface area contributed by atoms with Crippen molar-refractivity contribution in [2.24, 2.45) is 5.92 Å². The van der Waals surface area contributed by atoms with E-state index in [1.165, 1.54) is 11.3 Å². The summed E-state index contributed by atoms with van der Waals surface area (Å²) < 4.78 is 1.01. The topological polar surface area (TPSA) is 33.2 Å². The minimum atomic E-state index is 0.000666. The quantitative estimate of drug-likeness (QED) is 0.779. The molecule has 2 aromatic rings. The first-order chi connectivity index (χ1) is 9.67. The number of thiazole rings is 1. The Labute approximate surface area is 129 Å². The van der Waals surface area contributed by atoms with Crippen LogP contribution in [0.4, 0.5) is 5.13 Å². The molecule has 1 aliphatic heterocycles. The van der Waals surface area contributed by atoms with Crippen LogP contribution in [-0.2, 0) is 4.79 Å². The van der Waals surface area contributed by atoms with E-state index in [9.17, 15) is 4.79 Å². The monoisotopic (exact) mass is 346 g/mol. The summed E-state index contributed by atoms with van der Waals surface area (Å²) in [6.07, 6.45) is 5.82. The number of aromatic nitrogens is 1. The number of nitrogens with zero attached hydrogens (tertiary/aromatic N) is 2. The molecular formula is C15H11BrN2OS. The van der Waals surface area contributed by atoms with Crippen LogP contribution in [0.15, 0.2) is 34.1 Å². The molecule has 0 radical (unpaired) electrons. The van der Waals surface area contributed by atoms with Crippen LogP contribution in [0.3, 0.4) is 0 Å². The fourth-order valence-electron chi connectivity index (χ4n) is 2.17. The van der Waals surface area contributed by atoms with Crippen LogP contribution in [0.1, 0.15) is 6.42 Å². The molecule has 3 nitrogen and oxygen atoms in total. The number of benzene rings is 1. The van der Waals surface area contributed by atoms with Crippen molar-refractivity contribution in [3.05, 3.63) is 34.1 Å².